The van der Waals surface area contributed by atoms with Gasteiger partial charge in [0.2, 0.25) is 0 Å². The Morgan fingerprint density at radius 3 is 2.42 bits per heavy atom. The van der Waals surface area contributed by atoms with Crippen molar-refractivity contribution in [3.05, 3.63) is 58.3 Å². The molecule has 0 atom stereocenters. The van der Waals surface area contributed by atoms with E-state index < -0.39 is 17.4 Å². The summed E-state index contributed by atoms with van der Waals surface area (Å²) in [6.07, 6.45) is 0. The Balaban J connectivity index is 2.09. The zero-order chi connectivity index (χ0) is 17.5. The van der Waals surface area contributed by atoms with Crippen LogP contribution in [0.4, 0.5) is 0 Å². The minimum Gasteiger partial charge on any atom is -0.480 e. The van der Waals surface area contributed by atoms with Gasteiger partial charge in [0.25, 0.3) is 5.91 Å². The molecule has 0 aliphatic carbocycles. The van der Waals surface area contributed by atoms with E-state index in [1.54, 1.807) is 30.3 Å². The fourth-order valence-corrected chi connectivity index (χ4v) is 2.48. The molecule has 3 N–H and O–H groups in total. The number of fused-ring (bicyclic) bond motifs is 2. The lowest BCUT2D eigenvalue weighted by atomic mass is 10.0. The fourth-order valence-electron chi connectivity index (χ4n) is 2.48. The molecule has 3 aromatic rings. The van der Waals surface area contributed by atoms with Crippen LogP contribution in [0.15, 0.2) is 47.3 Å². The van der Waals surface area contributed by atoms with E-state index >= 15 is 0 Å². The van der Waals surface area contributed by atoms with Crippen LogP contribution >= 0.6 is 0 Å². The first-order valence-corrected chi connectivity index (χ1v) is 7.40. The van der Waals surface area contributed by atoms with E-state index in [2.05, 4.69) is 10.3 Å². The minimum absolute atomic E-state index is 0.114. The van der Waals surface area contributed by atoms with E-state index in [0.29, 0.717) is 21.8 Å². The number of amides is 1. The summed E-state index contributed by atoms with van der Waals surface area (Å²) in [5.74, 6) is -1.64. The Bertz CT molecular complexity index is 1030. The van der Waals surface area contributed by atoms with Crippen LogP contribution in [-0.4, -0.2) is 27.5 Å². The largest absolute Gasteiger partial charge is 0.480 e. The Hall–Kier alpha value is -3.15. The molecule has 0 aliphatic heterocycles. The molecule has 6 nitrogen and oxygen atoms in total. The van der Waals surface area contributed by atoms with Gasteiger partial charge in [0.15, 0.2) is 5.43 Å². The first kappa shape index (κ1) is 15.7. The number of pyridine rings is 1. The van der Waals surface area contributed by atoms with Crippen molar-refractivity contribution in [2.45, 2.75) is 19.4 Å². The average molecular weight is 324 g/mol. The highest BCUT2D eigenvalue weighted by atomic mass is 16.4. The predicted molar refractivity (Wildman–Crippen MR) is 91.3 cm³/mol. The summed E-state index contributed by atoms with van der Waals surface area (Å²) in [4.78, 5) is 39.0. The number of para-hydroxylation sites is 1. The molecule has 3 rings (SSSR count). The number of benzene rings is 2. The molecule has 0 saturated heterocycles. The highest BCUT2D eigenvalue weighted by Gasteiger charge is 2.29. The monoisotopic (exact) mass is 324 g/mol. The van der Waals surface area contributed by atoms with Gasteiger partial charge < -0.3 is 15.4 Å². The molecule has 1 amide bonds. The van der Waals surface area contributed by atoms with E-state index in [1.165, 1.54) is 19.9 Å². The highest BCUT2D eigenvalue weighted by molar-refractivity contribution is 6.01. The molecule has 6 heteroatoms. The lowest BCUT2D eigenvalue weighted by Crippen LogP contribution is -2.49. The Morgan fingerprint density at radius 1 is 1.04 bits per heavy atom. The lowest BCUT2D eigenvalue weighted by Gasteiger charge is -2.21. The summed E-state index contributed by atoms with van der Waals surface area (Å²) in [5, 5.41) is 12.6. The van der Waals surface area contributed by atoms with E-state index in [1.807, 2.05) is 6.07 Å². The molecular formula is C18H16N2O4. The summed E-state index contributed by atoms with van der Waals surface area (Å²) >= 11 is 0. The Morgan fingerprint density at radius 2 is 1.71 bits per heavy atom. The van der Waals surface area contributed by atoms with Gasteiger partial charge in [-0.2, -0.15) is 0 Å². The first-order chi connectivity index (χ1) is 11.3. The molecule has 0 fully saturated rings. The lowest BCUT2D eigenvalue weighted by molar-refractivity contribution is -0.143. The molecule has 0 unspecified atom stereocenters. The summed E-state index contributed by atoms with van der Waals surface area (Å²) < 4.78 is 0. The number of aromatic amines is 1. The van der Waals surface area contributed by atoms with E-state index in [-0.39, 0.29) is 11.0 Å². The number of aromatic nitrogens is 1. The van der Waals surface area contributed by atoms with Gasteiger partial charge in [-0.15, -0.1) is 0 Å². The van der Waals surface area contributed by atoms with Crippen molar-refractivity contribution < 1.29 is 14.7 Å². The number of rotatable bonds is 3. The maximum absolute atomic E-state index is 12.5. The van der Waals surface area contributed by atoms with Crippen LogP contribution in [0.2, 0.25) is 0 Å². The number of carboxylic acids is 1. The van der Waals surface area contributed by atoms with E-state index in [4.69, 9.17) is 5.11 Å². The maximum atomic E-state index is 12.5. The van der Waals surface area contributed by atoms with Crippen LogP contribution in [0.25, 0.3) is 21.8 Å². The van der Waals surface area contributed by atoms with Gasteiger partial charge in [-0.1, -0.05) is 12.1 Å². The number of aliphatic carboxylic acids is 1. The number of carbonyl (C=O) groups is 2. The van der Waals surface area contributed by atoms with Crippen LogP contribution < -0.4 is 10.7 Å². The second kappa shape index (κ2) is 5.49. The van der Waals surface area contributed by atoms with E-state index in [0.717, 1.165) is 0 Å². The second-order valence-corrected chi connectivity index (χ2v) is 6.14. The number of nitrogens with one attached hydrogen (secondary N) is 2. The van der Waals surface area contributed by atoms with Crippen LogP contribution in [0, 0.1) is 0 Å². The normalized spacial score (nSPS) is 11.6. The average Bonchev–Trinajstić information content (AvgIpc) is 2.54. The fraction of sp³-hybridized carbons (Fsp3) is 0.167. The van der Waals surface area contributed by atoms with Gasteiger partial charge in [-0.05, 0) is 44.2 Å². The molecular weight excluding hydrogens is 308 g/mol. The summed E-state index contributed by atoms with van der Waals surface area (Å²) in [5.41, 5.74) is -0.0131. The third kappa shape index (κ3) is 2.62. The number of carboxylic acid groups (broad SMARTS) is 1. The van der Waals surface area contributed by atoms with Crippen molar-refractivity contribution in [2.75, 3.05) is 0 Å². The number of carbonyl (C=O) groups excluding carboxylic acids is 1. The van der Waals surface area contributed by atoms with Gasteiger partial charge in [0, 0.05) is 21.9 Å². The molecule has 2 aromatic carbocycles. The van der Waals surface area contributed by atoms with Crippen molar-refractivity contribution in [1.82, 2.24) is 10.3 Å². The zero-order valence-electron chi connectivity index (χ0n) is 13.2. The molecule has 1 heterocycles. The van der Waals surface area contributed by atoms with Gasteiger partial charge in [0.1, 0.15) is 5.54 Å². The number of hydrogen-bond donors (Lipinski definition) is 3. The number of hydrogen-bond acceptors (Lipinski definition) is 3. The van der Waals surface area contributed by atoms with Gasteiger partial charge in [-0.25, -0.2) is 4.79 Å². The molecule has 0 saturated carbocycles. The van der Waals surface area contributed by atoms with Crippen LogP contribution in [0.5, 0.6) is 0 Å². The molecule has 122 valence electrons. The Kier molecular flexibility index (Phi) is 3.60. The van der Waals surface area contributed by atoms with E-state index in [9.17, 15) is 14.4 Å². The summed E-state index contributed by atoms with van der Waals surface area (Å²) in [6, 6.07) is 11.8. The topological polar surface area (TPSA) is 99.3 Å². The van der Waals surface area contributed by atoms with Crippen molar-refractivity contribution in [3.8, 4) is 0 Å². The van der Waals surface area contributed by atoms with Crippen molar-refractivity contribution in [3.63, 3.8) is 0 Å². The van der Waals surface area contributed by atoms with Crippen molar-refractivity contribution >= 4 is 33.7 Å². The number of H-pyrrole nitrogens is 1. The van der Waals surface area contributed by atoms with Crippen molar-refractivity contribution in [2.24, 2.45) is 0 Å². The van der Waals surface area contributed by atoms with Crippen LogP contribution in [0.3, 0.4) is 0 Å². The van der Waals surface area contributed by atoms with Gasteiger partial charge >= 0.3 is 5.97 Å². The molecule has 0 spiro atoms. The molecule has 0 aliphatic rings. The van der Waals surface area contributed by atoms with Crippen LogP contribution in [0.1, 0.15) is 24.2 Å². The molecule has 0 radical (unpaired) electrons. The third-order valence-corrected chi connectivity index (χ3v) is 3.93. The van der Waals surface area contributed by atoms with Gasteiger partial charge in [0.05, 0.1) is 5.52 Å². The first-order valence-electron chi connectivity index (χ1n) is 7.40. The molecule has 0 bridgehead atoms. The van der Waals surface area contributed by atoms with Gasteiger partial charge in [-0.3, -0.25) is 9.59 Å². The van der Waals surface area contributed by atoms with Crippen LogP contribution in [-0.2, 0) is 4.79 Å². The Labute approximate surface area is 137 Å². The second-order valence-electron chi connectivity index (χ2n) is 6.14. The van der Waals surface area contributed by atoms with Crippen molar-refractivity contribution in [1.29, 1.82) is 0 Å². The standard InChI is InChI=1S/C18H16N2O4/c1-18(2,17(23)24)20-16(22)10-7-8-12-14(9-10)19-13-6-4-3-5-11(13)15(12)21/h3-9H,1-2H3,(H,19,21)(H,20,22)(H,23,24). The molecule has 24 heavy (non-hydrogen) atoms. The minimum atomic E-state index is -1.39. The summed E-state index contributed by atoms with van der Waals surface area (Å²) in [7, 11) is 0. The SMILES string of the molecule is CC(C)(NC(=O)c1ccc2c(=O)c3ccccc3[nH]c2c1)C(=O)O. The highest BCUT2D eigenvalue weighted by Crippen LogP contribution is 2.16. The maximum Gasteiger partial charge on any atom is 0.328 e. The predicted octanol–water partition coefficient (Wildman–Crippen LogP) is 2.27. The zero-order valence-corrected chi connectivity index (χ0v) is 13.2. The third-order valence-electron chi connectivity index (χ3n) is 3.93. The summed E-state index contributed by atoms with van der Waals surface area (Å²) in [6.45, 7) is 2.81. The molecule has 1 aromatic heterocycles. The quantitative estimate of drug-likeness (QED) is 0.644. The smallest absolute Gasteiger partial charge is 0.328 e.